The van der Waals surface area contributed by atoms with E-state index in [1.807, 2.05) is 0 Å². The van der Waals surface area contributed by atoms with Crippen molar-refractivity contribution >= 4 is 67.8 Å². The fourth-order valence-corrected chi connectivity index (χ4v) is 1.36. The molecule has 0 aromatic rings. The van der Waals surface area contributed by atoms with Crippen molar-refractivity contribution in [2.45, 2.75) is 14.8 Å². The normalized spacial score (nSPS) is 11.5. The quantitative estimate of drug-likeness (QED) is 0.454. The van der Waals surface area contributed by atoms with Crippen LogP contribution in [0, 0.1) is 0 Å². The summed E-state index contributed by atoms with van der Waals surface area (Å²) in [4.78, 5) is 0. The topological polar surface area (TPSA) is 0 Å². The highest BCUT2D eigenvalue weighted by atomic mass is 127. The van der Waals surface area contributed by atoms with Crippen molar-refractivity contribution in [3.05, 3.63) is 10.2 Å². The average molecular weight is 448 g/mol. The summed E-state index contributed by atoms with van der Waals surface area (Å²) in [6.45, 7) is 0. The van der Waals surface area contributed by atoms with Crippen LogP contribution in [-0.2, 0) is 0 Å². The molecule has 0 saturated heterocycles. The maximum Gasteiger partial charge on any atom is 0.0629 e. The molecule has 8 heavy (non-hydrogen) atoms. The van der Waals surface area contributed by atoms with Gasteiger partial charge in [0, 0.05) is 0 Å². The van der Waals surface area contributed by atoms with Crippen LogP contribution in [0.15, 0.2) is 10.2 Å². The van der Waals surface area contributed by atoms with Gasteiger partial charge in [-0.2, -0.15) is 0 Å². The molecule has 0 bridgehead atoms. The molecule has 0 nitrogen and oxygen atoms in total. The monoisotopic (exact) mass is 448 g/mol. The van der Waals surface area contributed by atoms with Gasteiger partial charge in [0.25, 0.3) is 0 Å². The van der Waals surface area contributed by atoms with E-state index >= 15 is 0 Å². The fraction of sp³-hybridized carbons (Fsp3) is 0.600. The van der Waals surface area contributed by atoms with Crippen LogP contribution in [0.3, 0.4) is 0 Å². The Labute approximate surface area is 91.3 Å². The predicted octanol–water partition coefficient (Wildman–Crippen LogP) is 3.91. The van der Waals surface area contributed by atoms with Crippen LogP contribution in [-0.4, -0.2) is 1.93 Å². The van der Waals surface area contributed by atoms with Gasteiger partial charge < -0.3 is 0 Å². The molecule has 0 aromatic heterocycles. The van der Waals surface area contributed by atoms with E-state index in [1.165, 1.54) is 12.8 Å². The van der Waals surface area contributed by atoms with Crippen LogP contribution >= 0.6 is 67.8 Å². The van der Waals surface area contributed by atoms with Gasteiger partial charge in [0.1, 0.15) is 0 Å². The second-order valence-electron chi connectivity index (χ2n) is 1.33. The van der Waals surface area contributed by atoms with Crippen molar-refractivity contribution in [3.8, 4) is 0 Å². The zero-order valence-corrected chi connectivity index (χ0v) is 10.8. The van der Waals surface area contributed by atoms with Gasteiger partial charge in [-0.25, -0.2) is 0 Å². The highest BCUT2D eigenvalue weighted by Gasteiger charge is 1.91. The van der Waals surface area contributed by atoms with Gasteiger partial charge in [0.2, 0.25) is 0 Å². The van der Waals surface area contributed by atoms with Crippen molar-refractivity contribution < 1.29 is 0 Å². The van der Waals surface area contributed by atoms with Crippen LogP contribution in [0.4, 0.5) is 0 Å². The van der Waals surface area contributed by atoms with E-state index in [0.717, 1.165) is 1.93 Å². The van der Waals surface area contributed by atoms with Crippen LogP contribution in [0.2, 0.25) is 0 Å². The summed E-state index contributed by atoms with van der Waals surface area (Å²) in [5.74, 6) is 0. The summed E-state index contributed by atoms with van der Waals surface area (Å²) in [6, 6.07) is 0. The standard InChI is InChI=1S/C5H7I3/c6-4-2-1-3-5(7)8/h2,4-5H,1,3H2/b4-2+. The third-order valence-corrected chi connectivity index (χ3v) is 2.39. The van der Waals surface area contributed by atoms with Crippen LogP contribution in [0.1, 0.15) is 12.8 Å². The maximum atomic E-state index is 2.43. The molecule has 48 valence electrons. The average Bonchev–Trinajstić information content (AvgIpc) is 1.66. The molecule has 0 aliphatic heterocycles. The Balaban J connectivity index is 2.93. The number of alkyl halides is 2. The van der Waals surface area contributed by atoms with Gasteiger partial charge in [-0.1, -0.05) is 73.8 Å². The second-order valence-corrected chi connectivity index (χ2v) is 7.44. The largest absolute Gasteiger partial charge is 0.0784 e. The van der Waals surface area contributed by atoms with E-state index in [4.69, 9.17) is 0 Å². The Kier molecular flexibility index (Phi) is 8.74. The zero-order valence-electron chi connectivity index (χ0n) is 4.28. The molecule has 0 heterocycles. The fourth-order valence-electron chi connectivity index (χ4n) is 0.285. The van der Waals surface area contributed by atoms with Crippen molar-refractivity contribution in [2.24, 2.45) is 0 Å². The molecular weight excluding hydrogens is 441 g/mol. The van der Waals surface area contributed by atoms with Gasteiger partial charge in [0.15, 0.2) is 0 Å². The Bertz CT molecular complexity index is 68.1. The van der Waals surface area contributed by atoms with E-state index in [0.29, 0.717) is 0 Å². The first-order valence-corrected chi connectivity index (χ1v) is 6.04. The number of halogens is 3. The number of hydrogen-bond acceptors (Lipinski definition) is 0. The summed E-state index contributed by atoms with van der Waals surface area (Å²) in [7, 11) is 0. The number of rotatable bonds is 3. The Morgan fingerprint density at radius 2 is 2.00 bits per heavy atom. The van der Waals surface area contributed by atoms with Crippen molar-refractivity contribution in [3.63, 3.8) is 0 Å². The van der Waals surface area contributed by atoms with E-state index in [2.05, 4.69) is 77.9 Å². The maximum absolute atomic E-state index is 2.43. The van der Waals surface area contributed by atoms with Gasteiger partial charge in [-0.05, 0) is 16.9 Å². The summed E-state index contributed by atoms with van der Waals surface area (Å²) < 4.78 is 2.87. The van der Waals surface area contributed by atoms with Crippen LogP contribution in [0.5, 0.6) is 0 Å². The Morgan fingerprint density at radius 1 is 1.38 bits per heavy atom. The lowest BCUT2D eigenvalue weighted by Crippen LogP contribution is -1.79. The molecule has 0 rings (SSSR count). The van der Waals surface area contributed by atoms with Gasteiger partial charge >= 0.3 is 0 Å². The molecule has 0 fully saturated rings. The molecule has 0 aliphatic rings. The summed E-state index contributed by atoms with van der Waals surface area (Å²) in [6.07, 6.45) is 4.71. The molecule has 3 heteroatoms. The van der Waals surface area contributed by atoms with E-state index in [1.54, 1.807) is 0 Å². The summed E-state index contributed by atoms with van der Waals surface area (Å²) in [5.41, 5.74) is 0. The summed E-state index contributed by atoms with van der Waals surface area (Å²) >= 11 is 7.11. The molecule has 0 aromatic carbocycles. The third kappa shape index (κ3) is 7.93. The Hall–Kier alpha value is 1.93. The van der Waals surface area contributed by atoms with Crippen molar-refractivity contribution in [1.29, 1.82) is 0 Å². The number of hydrogen-bond donors (Lipinski definition) is 0. The first-order valence-electron chi connectivity index (χ1n) is 2.30. The van der Waals surface area contributed by atoms with E-state index in [9.17, 15) is 0 Å². The second kappa shape index (κ2) is 7.04. The molecule has 0 N–H and O–H groups in total. The molecule has 0 aliphatic carbocycles. The first kappa shape index (κ1) is 9.93. The molecule has 0 amide bonds. The minimum absolute atomic E-state index is 0.790. The lowest BCUT2D eigenvalue weighted by atomic mass is 10.3. The smallest absolute Gasteiger partial charge is 0.0629 e. The van der Waals surface area contributed by atoms with Crippen LogP contribution < -0.4 is 0 Å². The molecular formula is C5H7I3. The van der Waals surface area contributed by atoms with Gasteiger partial charge in [0.05, 0.1) is 1.93 Å². The molecule has 0 spiro atoms. The number of allylic oxidation sites excluding steroid dienone is 1. The lowest BCUT2D eigenvalue weighted by molar-refractivity contribution is 0.973. The molecule has 0 radical (unpaired) electrons. The van der Waals surface area contributed by atoms with Crippen molar-refractivity contribution in [2.75, 3.05) is 0 Å². The molecule has 0 saturated carbocycles. The van der Waals surface area contributed by atoms with Gasteiger partial charge in [-0.15, -0.1) is 0 Å². The predicted molar refractivity (Wildman–Crippen MR) is 64.2 cm³/mol. The van der Waals surface area contributed by atoms with E-state index < -0.39 is 0 Å². The SMILES string of the molecule is I/C=C/CCC(I)I. The van der Waals surface area contributed by atoms with Crippen molar-refractivity contribution in [1.82, 2.24) is 0 Å². The molecule has 0 unspecified atom stereocenters. The van der Waals surface area contributed by atoms with Gasteiger partial charge in [-0.3, -0.25) is 0 Å². The molecule has 0 atom stereocenters. The minimum atomic E-state index is 0.790. The zero-order chi connectivity index (χ0) is 6.41. The highest BCUT2D eigenvalue weighted by molar-refractivity contribution is 14.2. The lowest BCUT2D eigenvalue weighted by Gasteiger charge is -1.93. The summed E-state index contributed by atoms with van der Waals surface area (Å²) in [5, 5.41) is 0. The highest BCUT2D eigenvalue weighted by Crippen LogP contribution is 2.16. The van der Waals surface area contributed by atoms with E-state index in [-0.39, 0.29) is 0 Å². The minimum Gasteiger partial charge on any atom is -0.0784 e. The first-order chi connectivity index (χ1) is 3.77. The Morgan fingerprint density at radius 3 is 2.38 bits per heavy atom. The third-order valence-electron chi connectivity index (χ3n) is 0.641. The van der Waals surface area contributed by atoms with Crippen LogP contribution in [0.25, 0.3) is 0 Å².